The number of methoxy groups -OCH3 is 6. The van der Waals surface area contributed by atoms with Crippen LogP contribution < -0.4 is 28.4 Å². The van der Waals surface area contributed by atoms with Crippen LogP contribution in [0, 0.1) is 0 Å². The van der Waals surface area contributed by atoms with Crippen LogP contribution in [0.2, 0.25) is 0 Å². The van der Waals surface area contributed by atoms with Crippen LogP contribution >= 0.6 is 0 Å². The molecule has 0 aliphatic rings. The molecule has 0 heterocycles. The third-order valence-electron chi connectivity index (χ3n) is 7.61. The molecule has 0 amide bonds. The van der Waals surface area contributed by atoms with Gasteiger partial charge in [-0.25, -0.2) is 0 Å². The van der Waals surface area contributed by atoms with Crippen LogP contribution in [0.1, 0.15) is 33.4 Å². The Hall–Kier alpha value is -4.32. The van der Waals surface area contributed by atoms with Crippen molar-refractivity contribution in [3.05, 3.63) is 106 Å². The fourth-order valence-corrected chi connectivity index (χ4v) is 5.56. The Morgan fingerprint density at radius 1 is 0.357 bits per heavy atom. The predicted molar refractivity (Wildman–Crippen MR) is 167 cm³/mol. The normalized spacial score (nSPS) is 10.7. The molecule has 222 valence electrons. The van der Waals surface area contributed by atoms with E-state index in [1.165, 1.54) is 16.7 Å². The van der Waals surface area contributed by atoms with Crippen molar-refractivity contribution in [2.75, 3.05) is 42.7 Å². The first-order valence-corrected chi connectivity index (χ1v) is 14.3. The van der Waals surface area contributed by atoms with Crippen LogP contribution in [0.25, 0.3) is 0 Å². The molecule has 0 atom stereocenters. The van der Waals surface area contributed by atoms with Gasteiger partial charge in [-0.1, -0.05) is 54.6 Å². The van der Waals surface area contributed by atoms with E-state index < -0.39 is 0 Å². The summed E-state index contributed by atoms with van der Waals surface area (Å²) in [6.45, 7) is 0. The minimum Gasteiger partial charge on any atom is -0.493 e. The van der Waals surface area contributed by atoms with Crippen molar-refractivity contribution in [2.45, 2.75) is 38.5 Å². The molecule has 0 fully saturated rings. The van der Waals surface area contributed by atoms with E-state index >= 15 is 0 Å². The van der Waals surface area contributed by atoms with Crippen LogP contribution in [0.5, 0.6) is 34.5 Å². The minimum atomic E-state index is 0.754. The van der Waals surface area contributed by atoms with Crippen molar-refractivity contribution in [1.82, 2.24) is 0 Å². The topological polar surface area (TPSA) is 55.4 Å². The Morgan fingerprint density at radius 3 is 0.881 bits per heavy atom. The van der Waals surface area contributed by atoms with Gasteiger partial charge in [0.15, 0.2) is 34.5 Å². The summed E-state index contributed by atoms with van der Waals surface area (Å²) in [6.07, 6.45) is 5.18. The van der Waals surface area contributed by atoms with Gasteiger partial charge in [0.2, 0.25) is 0 Å². The van der Waals surface area contributed by atoms with Gasteiger partial charge in [0.05, 0.1) is 42.7 Å². The zero-order valence-corrected chi connectivity index (χ0v) is 25.6. The monoisotopic (exact) mass is 570 g/mol. The van der Waals surface area contributed by atoms with Gasteiger partial charge in [-0.05, 0) is 90.1 Å². The van der Waals surface area contributed by atoms with Crippen molar-refractivity contribution in [3.63, 3.8) is 0 Å². The smallest absolute Gasteiger partial charge is 0.163 e. The molecule has 0 aliphatic heterocycles. The van der Waals surface area contributed by atoms with E-state index in [4.69, 9.17) is 28.4 Å². The van der Waals surface area contributed by atoms with E-state index in [9.17, 15) is 0 Å². The molecule has 6 nitrogen and oxygen atoms in total. The summed E-state index contributed by atoms with van der Waals surface area (Å²) in [4.78, 5) is 0. The Kier molecular flexibility index (Phi) is 11.0. The first kappa shape index (κ1) is 30.6. The molecule has 0 unspecified atom stereocenters. The molecule has 4 aromatic rings. The fourth-order valence-electron chi connectivity index (χ4n) is 5.56. The molecule has 6 heteroatoms. The molecule has 42 heavy (non-hydrogen) atoms. The van der Waals surface area contributed by atoms with Crippen LogP contribution in [0.15, 0.2) is 72.8 Å². The summed E-state index contributed by atoms with van der Waals surface area (Å²) in [5.41, 5.74) is 7.27. The summed E-state index contributed by atoms with van der Waals surface area (Å²) in [5, 5.41) is 0. The maximum absolute atomic E-state index is 5.69. The summed E-state index contributed by atoms with van der Waals surface area (Å²) < 4.78 is 33.6. The lowest BCUT2D eigenvalue weighted by molar-refractivity contribution is 0.351. The van der Waals surface area contributed by atoms with Gasteiger partial charge >= 0.3 is 0 Å². The van der Waals surface area contributed by atoms with Gasteiger partial charge < -0.3 is 28.4 Å². The molecule has 0 saturated heterocycles. The second-order valence-corrected chi connectivity index (χ2v) is 10.1. The summed E-state index contributed by atoms with van der Waals surface area (Å²) in [5.74, 6) is 4.65. The number of aryl methyl sites for hydroxylation is 6. The Balaban J connectivity index is 1.60. The van der Waals surface area contributed by atoms with Gasteiger partial charge in [-0.15, -0.1) is 0 Å². The van der Waals surface area contributed by atoms with Crippen molar-refractivity contribution >= 4 is 0 Å². The number of hydrogen-bond donors (Lipinski definition) is 0. The van der Waals surface area contributed by atoms with E-state index in [2.05, 4.69) is 36.4 Å². The number of ether oxygens (including phenoxy) is 6. The van der Waals surface area contributed by atoms with E-state index in [1.807, 2.05) is 36.4 Å². The van der Waals surface area contributed by atoms with Crippen molar-refractivity contribution in [2.24, 2.45) is 0 Å². The van der Waals surface area contributed by atoms with Crippen molar-refractivity contribution < 1.29 is 28.4 Å². The van der Waals surface area contributed by atoms with Crippen molar-refractivity contribution in [3.8, 4) is 34.5 Å². The Bertz CT molecular complexity index is 1270. The molecular formula is C36H42O6. The number of rotatable bonds is 15. The maximum atomic E-state index is 5.69. The van der Waals surface area contributed by atoms with Gasteiger partial charge in [-0.3, -0.25) is 0 Å². The third kappa shape index (κ3) is 7.30. The van der Waals surface area contributed by atoms with Gasteiger partial charge in [0.1, 0.15) is 0 Å². The number of benzene rings is 4. The highest BCUT2D eigenvalue weighted by atomic mass is 16.5. The standard InChI is InChI=1S/C36H42O6/c1-37-31-13-7-10-28(34(31)40-4)19-16-25-22-26(17-20-29-11-8-14-32(38-2)35(29)41-5)24-27(23-25)18-21-30-12-9-15-33(39-3)36(30)42-6/h7-15,22-24H,16-21H2,1-6H3. The fraction of sp³-hybridized carbons (Fsp3) is 0.333. The zero-order chi connectivity index (χ0) is 29.9. The molecule has 4 rings (SSSR count). The average Bonchev–Trinajstić information content (AvgIpc) is 3.04. The van der Waals surface area contributed by atoms with Gasteiger partial charge in [0, 0.05) is 0 Å². The lowest BCUT2D eigenvalue weighted by Gasteiger charge is -2.15. The minimum absolute atomic E-state index is 0.754. The molecule has 0 aromatic heterocycles. The third-order valence-corrected chi connectivity index (χ3v) is 7.61. The lowest BCUT2D eigenvalue weighted by Crippen LogP contribution is -2.03. The summed E-state index contributed by atoms with van der Waals surface area (Å²) in [6, 6.07) is 25.1. The predicted octanol–water partition coefficient (Wildman–Crippen LogP) is 7.09. The summed E-state index contributed by atoms with van der Waals surface area (Å²) >= 11 is 0. The molecule has 0 saturated carbocycles. The highest BCUT2D eigenvalue weighted by molar-refractivity contribution is 5.49. The van der Waals surface area contributed by atoms with Crippen LogP contribution in [0.3, 0.4) is 0 Å². The average molecular weight is 571 g/mol. The lowest BCUT2D eigenvalue weighted by atomic mass is 9.94. The molecule has 0 bridgehead atoms. The molecule has 0 aliphatic carbocycles. The molecular weight excluding hydrogens is 528 g/mol. The largest absolute Gasteiger partial charge is 0.493 e. The summed E-state index contributed by atoms with van der Waals surface area (Å²) in [7, 11) is 10.1. The molecule has 0 spiro atoms. The van der Waals surface area contributed by atoms with Gasteiger partial charge in [-0.2, -0.15) is 0 Å². The number of para-hydroxylation sites is 3. The Morgan fingerprint density at radius 2 is 0.643 bits per heavy atom. The van der Waals surface area contributed by atoms with Crippen LogP contribution in [-0.4, -0.2) is 42.7 Å². The first-order chi connectivity index (χ1) is 20.5. The maximum Gasteiger partial charge on any atom is 0.163 e. The quantitative estimate of drug-likeness (QED) is 0.152. The van der Waals surface area contributed by atoms with E-state index in [1.54, 1.807) is 42.7 Å². The van der Waals surface area contributed by atoms with Crippen LogP contribution in [-0.2, 0) is 38.5 Å². The van der Waals surface area contributed by atoms with E-state index in [-0.39, 0.29) is 0 Å². The highest BCUT2D eigenvalue weighted by Gasteiger charge is 2.14. The van der Waals surface area contributed by atoms with Crippen molar-refractivity contribution in [1.29, 1.82) is 0 Å². The Labute approximate surface area is 250 Å². The second kappa shape index (κ2) is 15.1. The van der Waals surface area contributed by atoms with E-state index in [0.717, 1.165) is 89.7 Å². The highest BCUT2D eigenvalue weighted by Crippen LogP contribution is 2.34. The van der Waals surface area contributed by atoms with E-state index in [0.29, 0.717) is 0 Å². The number of hydrogen-bond acceptors (Lipinski definition) is 6. The molecule has 0 radical (unpaired) electrons. The first-order valence-electron chi connectivity index (χ1n) is 14.3. The van der Waals surface area contributed by atoms with Crippen LogP contribution in [0.4, 0.5) is 0 Å². The van der Waals surface area contributed by atoms with Gasteiger partial charge in [0.25, 0.3) is 0 Å². The molecule has 0 N–H and O–H groups in total. The SMILES string of the molecule is COc1cccc(CCc2cc(CCc3cccc(OC)c3OC)cc(CCc3cccc(OC)c3OC)c2)c1OC. The zero-order valence-electron chi connectivity index (χ0n) is 25.6. The second-order valence-electron chi connectivity index (χ2n) is 10.1. The molecule has 4 aromatic carbocycles.